The van der Waals surface area contributed by atoms with Crippen LogP contribution in [0.15, 0.2) is 9.59 Å². The zero-order valence-corrected chi connectivity index (χ0v) is 11.4. The van der Waals surface area contributed by atoms with Crippen molar-refractivity contribution in [2.45, 2.75) is 44.8 Å². The zero-order chi connectivity index (χ0) is 16.2. The molecular weight excluding hydrogens is 268 g/mol. The van der Waals surface area contributed by atoms with Crippen molar-refractivity contribution in [1.82, 2.24) is 9.55 Å². The fourth-order valence-corrected chi connectivity index (χ4v) is 2.28. The molecule has 1 aromatic rings. The lowest BCUT2D eigenvalue weighted by atomic mass is 9.96. The third kappa shape index (κ3) is 2.01. The van der Waals surface area contributed by atoms with Crippen LogP contribution in [0, 0.1) is 13.8 Å². The Balaban J connectivity index is 2.67. The highest BCUT2D eigenvalue weighted by Gasteiger charge is 2.53. The van der Waals surface area contributed by atoms with Crippen molar-refractivity contribution >= 4 is 0 Å². The Hall–Kier alpha value is -1.48. The Labute approximate surface area is 115 Å². The van der Waals surface area contributed by atoms with Gasteiger partial charge in [0, 0.05) is 11.3 Å². The molecule has 0 aromatic carbocycles. The summed E-state index contributed by atoms with van der Waals surface area (Å²) in [6.07, 6.45) is -5.32. The monoisotopic (exact) mass is 287 g/mol. The van der Waals surface area contributed by atoms with Crippen LogP contribution in [0.2, 0.25) is 0 Å². The molecule has 8 heteroatoms. The molecule has 112 valence electrons. The first-order valence-electron chi connectivity index (χ1n) is 6.58. The van der Waals surface area contributed by atoms with Gasteiger partial charge in [-0.2, -0.15) is 0 Å². The van der Waals surface area contributed by atoms with Crippen LogP contribution in [0.4, 0.5) is 0 Å². The van der Waals surface area contributed by atoms with Crippen LogP contribution < -0.4 is 11.2 Å². The molecule has 4 atom stereocenters. The van der Waals surface area contributed by atoms with Crippen LogP contribution in [0.3, 0.4) is 0 Å². The van der Waals surface area contributed by atoms with Gasteiger partial charge in [-0.15, -0.1) is 0 Å². The maximum absolute atomic E-state index is 12.0. The number of aliphatic hydroxyl groups is 3. The SMILES string of the molecule is [2H][C@@]1(O)[C@@H](CO)O[C@@H](n2c(C)c(C)c(=O)[nH]c2=O)[C@]1(C)O. The van der Waals surface area contributed by atoms with E-state index in [0.29, 0.717) is 0 Å². The molecule has 0 aliphatic carbocycles. The van der Waals surface area contributed by atoms with E-state index in [0.717, 1.165) is 11.5 Å². The number of ether oxygens (including phenoxy) is 1. The lowest BCUT2D eigenvalue weighted by Gasteiger charge is -2.29. The highest BCUT2D eigenvalue weighted by Crippen LogP contribution is 2.37. The van der Waals surface area contributed by atoms with E-state index < -0.39 is 41.9 Å². The van der Waals surface area contributed by atoms with Crippen LogP contribution in [-0.2, 0) is 4.74 Å². The van der Waals surface area contributed by atoms with Gasteiger partial charge >= 0.3 is 5.69 Å². The van der Waals surface area contributed by atoms with Crippen LogP contribution in [0.5, 0.6) is 0 Å². The van der Waals surface area contributed by atoms with Gasteiger partial charge in [0.1, 0.15) is 17.8 Å². The molecule has 1 aliphatic heterocycles. The lowest BCUT2D eigenvalue weighted by molar-refractivity contribution is -0.0996. The van der Waals surface area contributed by atoms with E-state index in [1.54, 1.807) is 0 Å². The maximum atomic E-state index is 12.0. The van der Waals surface area contributed by atoms with Crippen molar-refractivity contribution in [1.29, 1.82) is 0 Å². The van der Waals surface area contributed by atoms with E-state index in [4.69, 9.17) is 6.11 Å². The topological polar surface area (TPSA) is 125 Å². The first-order valence-corrected chi connectivity index (χ1v) is 6.08. The minimum atomic E-state index is -2.51. The van der Waals surface area contributed by atoms with Gasteiger partial charge in [-0.25, -0.2) is 4.79 Å². The fourth-order valence-electron chi connectivity index (χ4n) is 2.28. The Morgan fingerprint density at radius 2 is 2.10 bits per heavy atom. The molecule has 1 fully saturated rings. The molecule has 0 spiro atoms. The summed E-state index contributed by atoms with van der Waals surface area (Å²) in [5.74, 6) is 0. The molecule has 0 unspecified atom stereocenters. The summed E-state index contributed by atoms with van der Waals surface area (Å²) >= 11 is 0. The van der Waals surface area contributed by atoms with Gasteiger partial charge in [0.2, 0.25) is 0 Å². The summed E-state index contributed by atoms with van der Waals surface area (Å²) in [6.45, 7) is 3.40. The number of aromatic amines is 1. The summed E-state index contributed by atoms with van der Waals surface area (Å²) in [6, 6.07) is 0. The molecule has 1 saturated heterocycles. The Bertz CT molecular complexity index is 677. The number of aromatic nitrogens is 2. The average Bonchev–Trinajstić information content (AvgIpc) is 2.55. The number of hydrogen-bond donors (Lipinski definition) is 4. The molecule has 0 saturated carbocycles. The molecule has 4 N–H and O–H groups in total. The van der Waals surface area contributed by atoms with E-state index >= 15 is 0 Å². The second-order valence-electron chi connectivity index (χ2n) is 5.03. The highest BCUT2D eigenvalue weighted by atomic mass is 16.6. The average molecular weight is 287 g/mol. The van der Waals surface area contributed by atoms with Crippen molar-refractivity contribution in [3.8, 4) is 0 Å². The number of hydrogen-bond acceptors (Lipinski definition) is 6. The van der Waals surface area contributed by atoms with Gasteiger partial charge in [-0.1, -0.05) is 0 Å². The maximum Gasteiger partial charge on any atom is 0.330 e. The zero-order valence-electron chi connectivity index (χ0n) is 12.4. The van der Waals surface area contributed by atoms with Gasteiger partial charge in [-0.05, 0) is 20.8 Å². The predicted molar refractivity (Wildman–Crippen MR) is 68.4 cm³/mol. The van der Waals surface area contributed by atoms with Crippen molar-refractivity contribution < 1.29 is 21.4 Å². The number of H-pyrrole nitrogens is 1. The summed E-state index contributed by atoms with van der Waals surface area (Å²) in [7, 11) is 0. The number of aliphatic hydroxyl groups excluding tert-OH is 1. The van der Waals surface area contributed by atoms with Crippen LogP contribution in [-0.4, -0.2) is 49.3 Å². The third-order valence-electron chi connectivity index (χ3n) is 3.68. The number of nitrogens with one attached hydrogen (secondary N) is 1. The normalized spacial score (nSPS) is 38.0. The lowest BCUT2D eigenvalue weighted by Crippen LogP contribution is -2.47. The van der Waals surface area contributed by atoms with E-state index in [-0.39, 0.29) is 11.3 Å². The Morgan fingerprint density at radius 1 is 1.50 bits per heavy atom. The molecule has 2 heterocycles. The van der Waals surface area contributed by atoms with E-state index in [9.17, 15) is 24.9 Å². The highest BCUT2D eigenvalue weighted by molar-refractivity contribution is 5.16. The Morgan fingerprint density at radius 3 is 2.60 bits per heavy atom. The summed E-state index contributed by atoms with van der Waals surface area (Å²) in [4.78, 5) is 25.6. The minimum Gasteiger partial charge on any atom is -0.394 e. The molecule has 0 radical (unpaired) electrons. The third-order valence-corrected chi connectivity index (χ3v) is 3.68. The van der Waals surface area contributed by atoms with E-state index in [1.165, 1.54) is 13.8 Å². The first kappa shape index (κ1) is 13.5. The molecule has 20 heavy (non-hydrogen) atoms. The van der Waals surface area contributed by atoms with E-state index in [1.807, 2.05) is 0 Å². The van der Waals surface area contributed by atoms with Gasteiger partial charge < -0.3 is 20.1 Å². The van der Waals surface area contributed by atoms with E-state index in [2.05, 4.69) is 4.98 Å². The molecular formula is C12H18N2O6. The van der Waals surface area contributed by atoms with Crippen molar-refractivity contribution in [3.63, 3.8) is 0 Å². The molecule has 1 aromatic heterocycles. The fraction of sp³-hybridized carbons (Fsp3) is 0.667. The second kappa shape index (κ2) is 4.81. The minimum absolute atomic E-state index is 0.239. The summed E-state index contributed by atoms with van der Waals surface area (Å²) in [5.41, 5.74) is -3.08. The standard InChI is InChI=1S/C12H18N2O6/c1-5-6(2)14(11(18)13-9(5)17)10-12(3,19)8(16)7(4-15)20-10/h7-8,10,15-16,19H,4H2,1-3H3,(H,13,17,18)/t7-,8-,10-,12-/m1/s1/i8D. The quantitative estimate of drug-likeness (QED) is 0.506. The molecule has 8 nitrogen and oxygen atoms in total. The smallest absolute Gasteiger partial charge is 0.330 e. The molecule has 0 amide bonds. The second-order valence-corrected chi connectivity index (χ2v) is 5.03. The molecule has 2 rings (SSSR count). The van der Waals surface area contributed by atoms with Gasteiger partial charge in [0.15, 0.2) is 6.23 Å². The van der Waals surface area contributed by atoms with Gasteiger partial charge in [0.25, 0.3) is 5.56 Å². The number of nitrogens with zero attached hydrogens (tertiary/aromatic N) is 1. The predicted octanol–water partition coefficient (Wildman–Crippen LogP) is -1.84. The first-order chi connectivity index (χ1) is 9.55. The number of rotatable bonds is 2. The van der Waals surface area contributed by atoms with Crippen molar-refractivity contribution in [2.75, 3.05) is 6.61 Å². The molecule has 1 aliphatic rings. The van der Waals surface area contributed by atoms with Crippen LogP contribution in [0.1, 0.15) is 25.8 Å². The van der Waals surface area contributed by atoms with Crippen LogP contribution >= 0.6 is 0 Å². The largest absolute Gasteiger partial charge is 0.394 e. The van der Waals surface area contributed by atoms with Crippen molar-refractivity contribution in [2.24, 2.45) is 0 Å². The summed E-state index contributed by atoms with van der Waals surface area (Å²) in [5, 5.41) is 29.7. The van der Waals surface area contributed by atoms with Gasteiger partial charge in [0.05, 0.1) is 7.98 Å². The van der Waals surface area contributed by atoms with Gasteiger partial charge in [-0.3, -0.25) is 14.3 Å². The van der Waals surface area contributed by atoms with Crippen molar-refractivity contribution in [3.05, 3.63) is 32.1 Å². The molecule has 0 bridgehead atoms. The Kier molecular flexibility index (Phi) is 3.25. The van der Waals surface area contributed by atoms with Crippen LogP contribution in [0.25, 0.3) is 0 Å². The summed E-state index contributed by atoms with van der Waals surface area (Å²) < 4.78 is 14.0.